The maximum Gasteiger partial charge on any atom is 0.226 e. The number of fused-ring (bicyclic) bond motifs is 1. The third-order valence-electron chi connectivity index (χ3n) is 3.46. The molecular formula is C14H24N6. The van der Waals surface area contributed by atoms with Crippen molar-refractivity contribution in [3.8, 4) is 0 Å². The molecule has 6 heteroatoms. The van der Waals surface area contributed by atoms with E-state index in [0.717, 1.165) is 24.3 Å². The van der Waals surface area contributed by atoms with Crippen LogP contribution in [-0.4, -0.2) is 32.5 Å². The zero-order valence-corrected chi connectivity index (χ0v) is 12.7. The summed E-state index contributed by atoms with van der Waals surface area (Å²) in [6.07, 6.45) is 3.96. The highest BCUT2D eigenvalue weighted by molar-refractivity contribution is 5.83. The average molecular weight is 276 g/mol. The van der Waals surface area contributed by atoms with Crippen molar-refractivity contribution in [3.63, 3.8) is 0 Å². The summed E-state index contributed by atoms with van der Waals surface area (Å²) in [4.78, 5) is 16.2. The lowest BCUT2D eigenvalue weighted by Crippen LogP contribution is -2.20. The number of aromatic amines is 1. The molecule has 0 fully saturated rings. The summed E-state index contributed by atoms with van der Waals surface area (Å²) in [6.45, 7) is 9.49. The van der Waals surface area contributed by atoms with Gasteiger partial charge in [0.2, 0.25) is 5.95 Å². The molecule has 3 N–H and O–H groups in total. The van der Waals surface area contributed by atoms with Crippen molar-refractivity contribution in [1.29, 1.82) is 0 Å². The first-order valence-electron chi connectivity index (χ1n) is 7.35. The van der Waals surface area contributed by atoms with Crippen molar-refractivity contribution in [2.75, 3.05) is 17.2 Å². The van der Waals surface area contributed by atoms with Gasteiger partial charge in [0.1, 0.15) is 5.52 Å². The molecule has 2 aromatic heterocycles. The van der Waals surface area contributed by atoms with E-state index < -0.39 is 0 Å². The van der Waals surface area contributed by atoms with Crippen molar-refractivity contribution in [3.05, 3.63) is 6.33 Å². The second-order valence-corrected chi connectivity index (χ2v) is 5.32. The molecule has 0 saturated heterocycles. The quantitative estimate of drug-likeness (QED) is 0.724. The zero-order valence-electron chi connectivity index (χ0n) is 12.7. The number of nitrogens with zero attached hydrogens (tertiary/aromatic N) is 3. The summed E-state index contributed by atoms with van der Waals surface area (Å²) in [5.41, 5.74) is 1.55. The molecule has 2 heterocycles. The largest absolute Gasteiger partial charge is 0.366 e. The first-order chi connectivity index (χ1) is 9.63. The van der Waals surface area contributed by atoms with Crippen molar-refractivity contribution in [2.45, 2.75) is 46.6 Å². The first kappa shape index (κ1) is 14.6. The number of hydrogen-bond donors (Lipinski definition) is 3. The minimum Gasteiger partial charge on any atom is -0.366 e. The lowest BCUT2D eigenvalue weighted by atomic mass is 10.0. The minimum atomic E-state index is 0.362. The van der Waals surface area contributed by atoms with Crippen molar-refractivity contribution < 1.29 is 0 Å². The van der Waals surface area contributed by atoms with Crippen LogP contribution in [0.2, 0.25) is 0 Å². The van der Waals surface area contributed by atoms with E-state index in [1.165, 1.54) is 6.42 Å². The van der Waals surface area contributed by atoms with Crippen LogP contribution in [0.3, 0.4) is 0 Å². The summed E-state index contributed by atoms with van der Waals surface area (Å²) < 4.78 is 0. The van der Waals surface area contributed by atoms with E-state index in [2.05, 4.69) is 51.3 Å². The number of hydrogen-bond acceptors (Lipinski definition) is 5. The monoisotopic (exact) mass is 276 g/mol. The molecule has 2 atom stereocenters. The molecular weight excluding hydrogens is 252 g/mol. The van der Waals surface area contributed by atoms with Crippen LogP contribution in [0.4, 0.5) is 11.8 Å². The molecule has 6 nitrogen and oxygen atoms in total. The van der Waals surface area contributed by atoms with Gasteiger partial charge in [0.15, 0.2) is 11.5 Å². The van der Waals surface area contributed by atoms with Crippen LogP contribution in [0.1, 0.15) is 40.5 Å². The molecule has 2 unspecified atom stereocenters. The molecule has 0 aliphatic heterocycles. The zero-order chi connectivity index (χ0) is 14.5. The summed E-state index contributed by atoms with van der Waals surface area (Å²) in [5, 5.41) is 6.61. The number of anilines is 2. The third kappa shape index (κ3) is 3.37. The Morgan fingerprint density at radius 1 is 1.25 bits per heavy atom. The Bertz CT molecular complexity index is 550. The highest BCUT2D eigenvalue weighted by atomic mass is 15.2. The van der Waals surface area contributed by atoms with Crippen LogP contribution in [-0.2, 0) is 0 Å². The number of H-pyrrole nitrogens is 1. The van der Waals surface area contributed by atoms with E-state index in [1.54, 1.807) is 6.33 Å². The molecule has 0 aliphatic rings. The Morgan fingerprint density at radius 3 is 2.75 bits per heavy atom. The number of nitrogens with one attached hydrogen (secondary N) is 3. The number of aromatic nitrogens is 4. The molecule has 0 bridgehead atoms. The molecule has 0 spiro atoms. The number of imidazole rings is 1. The van der Waals surface area contributed by atoms with E-state index >= 15 is 0 Å². The van der Waals surface area contributed by atoms with Gasteiger partial charge in [-0.25, -0.2) is 4.98 Å². The second-order valence-electron chi connectivity index (χ2n) is 5.32. The Labute approximate surface area is 119 Å². The van der Waals surface area contributed by atoms with E-state index in [9.17, 15) is 0 Å². The van der Waals surface area contributed by atoms with E-state index in [0.29, 0.717) is 23.6 Å². The molecule has 110 valence electrons. The summed E-state index contributed by atoms with van der Waals surface area (Å²) in [7, 11) is 0. The van der Waals surface area contributed by atoms with Gasteiger partial charge < -0.3 is 15.6 Å². The van der Waals surface area contributed by atoms with E-state index in [1.807, 2.05) is 6.92 Å². The third-order valence-corrected chi connectivity index (χ3v) is 3.46. The maximum atomic E-state index is 4.53. The Balaban J connectivity index is 2.21. The van der Waals surface area contributed by atoms with Gasteiger partial charge in [-0.1, -0.05) is 20.3 Å². The molecule has 0 saturated carbocycles. The SMILES string of the molecule is CCNc1nc(NC(C)CC(C)CC)c2[nH]cnc2n1. The number of rotatable bonds is 7. The summed E-state index contributed by atoms with van der Waals surface area (Å²) in [6, 6.07) is 0.362. The predicted molar refractivity (Wildman–Crippen MR) is 83.0 cm³/mol. The van der Waals surface area contributed by atoms with Gasteiger partial charge in [0.05, 0.1) is 6.33 Å². The Hall–Kier alpha value is -1.85. The Morgan fingerprint density at radius 2 is 2.05 bits per heavy atom. The first-order valence-corrected chi connectivity index (χ1v) is 7.35. The van der Waals surface area contributed by atoms with Gasteiger partial charge in [-0.05, 0) is 26.2 Å². The van der Waals surface area contributed by atoms with Gasteiger partial charge >= 0.3 is 0 Å². The van der Waals surface area contributed by atoms with Gasteiger partial charge in [0.25, 0.3) is 0 Å². The van der Waals surface area contributed by atoms with Crippen LogP contribution < -0.4 is 10.6 Å². The van der Waals surface area contributed by atoms with Gasteiger partial charge in [-0.15, -0.1) is 0 Å². The highest BCUT2D eigenvalue weighted by Gasteiger charge is 2.13. The van der Waals surface area contributed by atoms with Crippen LogP contribution in [0.25, 0.3) is 11.2 Å². The molecule has 2 aromatic rings. The summed E-state index contributed by atoms with van der Waals surface area (Å²) >= 11 is 0. The van der Waals surface area contributed by atoms with Gasteiger partial charge in [0, 0.05) is 12.6 Å². The van der Waals surface area contributed by atoms with E-state index in [-0.39, 0.29) is 0 Å². The Kier molecular flexibility index (Phi) is 4.76. The fourth-order valence-corrected chi connectivity index (χ4v) is 2.24. The average Bonchev–Trinajstić information content (AvgIpc) is 2.87. The van der Waals surface area contributed by atoms with Crippen LogP contribution in [0, 0.1) is 5.92 Å². The van der Waals surface area contributed by atoms with Crippen molar-refractivity contribution in [1.82, 2.24) is 19.9 Å². The highest BCUT2D eigenvalue weighted by Crippen LogP contribution is 2.21. The smallest absolute Gasteiger partial charge is 0.226 e. The lowest BCUT2D eigenvalue weighted by Gasteiger charge is -2.18. The summed E-state index contributed by atoms with van der Waals surface area (Å²) in [5.74, 6) is 2.13. The molecule has 20 heavy (non-hydrogen) atoms. The fourth-order valence-electron chi connectivity index (χ4n) is 2.24. The standard InChI is InChI=1S/C14H24N6/c1-5-9(3)7-10(4)18-13-11-12(17-8-16-11)19-14(20-13)15-6-2/h8-10H,5-7H2,1-4H3,(H3,15,16,17,18,19,20). The molecule has 0 radical (unpaired) electrons. The second kappa shape index (κ2) is 6.54. The molecule has 0 aliphatic carbocycles. The van der Waals surface area contributed by atoms with Gasteiger partial charge in [-0.3, -0.25) is 0 Å². The molecule has 2 rings (SSSR count). The van der Waals surface area contributed by atoms with Crippen molar-refractivity contribution in [2.24, 2.45) is 5.92 Å². The lowest BCUT2D eigenvalue weighted by molar-refractivity contribution is 0.483. The van der Waals surface area contributed by atoms with Gasteiger partial charge in [-0.2, -0.15) is 9.97 Å². The van der Waals surface area contributed by atoms with Crippen LogP contribution in [0.5, 0.6) is 0 Å². The molecule has 0 amide bonds. The topological polar surface area (TPSA) is 78.5 Å². The van der Waals surface area contributed by atoms with Crippen LogP contribution in [0.15, 0.2) is 6.33 Å². The maximum absolute atomic E-state index is 4.53. The normalized spacial score (nSPS) is 14.2. The van der Waals surface area contributed by atoms with E-state index in [4.69, 9.17) is 0 Å². The molecule has 0 aromatic carbocycles. The van der Waals surface area contributed by atoms with Crippen LogP contribution >= 0.6 is 0 Å². The predicted octanol–water partition coefficient (Wildman–Crippen LogP) is 3.02. The fraction of sp³-hybridized carbons (Fsp3) is 0.643. The van der Waals surface area contributed by atoms with Crippen molar-refractivity contribution >= 4 is 22.9 Å². The minimum absolute atomic E-state index is 0.362.